The molecule has 0 radical (unpaired) electrons. The van der Waals surface area contributed by atoms with E-state index in [0.29, 0.717) is 5.56 Å². The Hall–Kier alpha value is -2.04. The molecule has 0 saturated carbocycles. The van der Waals surface area contributed by atoms with Crippen LogP contribution in [-0.4, -0.2) is 37.6 Å². The maximum atomic E-state index is 11.4. The van der Waals surface area contributed by atoms with E-state index in [-0.39, 0.29) is 12.0 Å². The van der Waals surface area contributed by atoms with Crippen molar-refractivity contribution in [2.75, 3.05) is 26.7 Å². The Kier molecular flexibility index (Phi) is 5.60. The molecule has 0 amide bonds. The van der Waals surface area contributed by atoms with E-state index in [1.165, 1.54) is 20.0 Å². The normalized spacial score (nSPS) is 16.2. The van der Waals surface area contributed by atoms with Crippen molar-refractivity contribution in [3.63, 3.8) is 0 Å². The fourth-order valence-electron chi connectivity index (χ4n) is 2.62. The third-order valence-electron chi connectivity index (χ3n) is 3.83. The summed E-state index contributed by atoms with van der Waals surface area (Å²) in [5.41, 5.74) is 10.2. The van der Waals surface area contributed by atoms with Crippen LogP contribution in [0.4, 0.5) is 0 Å². The molecule has 1 unspecified atom stereocenters. The number of likely N-dealkylation sites (tertiary alicyclic amines) is 1. The van der Waals surface area contributed by atoms with Crippen LogP contribution in [0.3, 0.4) is 0 Å². The molecule has 1 aliphatic heterocycles. The van der Waals surface area contributed by atoms with Gasteiger partial charge in [-0.2, -0.15) is 0 Å². The van der Waals surface area contributed by atoms with Crippen LogP contribution >= 0.6 is 0 Å². The molecule has 21 heavy (non-hydrogen) atoms. The number of hydrogen-bond donors (Lipinski definition) is 0. The summed E-state index contributed by atoms with van der Waals surface area (Å²) in [4.78, 5) is 16.7. The molecule has 0 aliphatic carbocycles. The highest BCUT2D eigenvalue weighted by atomic mass is 16.5. The van der Waals surface area contributed by atoms with E-state index in [2.05, 4.69) is 19.7 Å². The minimum Gasteiger partial charge on any atom is -0.465 e. The lowest BCUT2D eigenvalue weighted by Gasteiger charge is -2.18. The van der Waals surface area contributed by atoms with E-state index in [4.69, 9.17) is 5.53 Å². The van der Waals surface area contributed by atoms with Gasteiger partial charge in [0.2, 0.25) is 0 Å². The van der Waals surface area contributed by atoms with Gasteiger partial charge in [-0.25, -0.2) is 4.79 Å². The Labute approximate surface area is 124 Å². The largest absolute Gasteiger partial charge is 0.465 e. The van der Waals surface area contributed by atoms with Gasteiger partial charge < -0.3 is 9.64 Å². The van der Waals surface area contributed by atoms with E-state index in [0.717, 1.165) is 31.6 Å². The summed E-state index contributed by atoms with van der Waals surface area (Å²) in [5.74, 6) is -0.362. The van der Waals surface area contributed by atoms with Gasteiger partial charge in [-0.1, -0.05) is 17.2 Å². The van der Waals surface area contributed by atoms with Crippen molar-refractivity contribution in [3.8, 4) is 0 Å². The summed E-state index contributed by atoms with van der Waals surface area (Å²) < 4.78 is 4.67. The van der Waals surface area contributed by atoms with E-state index in [1.54, 1.807) is 12.1 Å². The van der Waals surface area contributed by atoms with Crippen LogP contribution < -0.4 is 0 Å². The molecule has 1 aliphatic rings. The second-order valence-electron chi connectivity index (χ2n) is 5.17. The van der Waals surface area contributed by atoms with Crippen LogP contribution in [0.1, 0.15) is 41.2 Å². The molecule has 0 spiro atoms. The summed E-state index contributed by atoms with van der Waals surface area (Å²) in [7, 11) is 1.36. The number of carbonyl (C=O) groups excluding carboxylic acids is 1. The second-order valence-corrected chi connectivity index (χ2v) is 5.17. The first-order valence-electron chi connectivity index (χ1n) is 7.19. The van der Waals surface area contributed by atoms with Crippen molar-refractivity contribution in [1.29, 1.82) is 0 Å². The van der Waals surface area contributed by atoms with Crippen molar-refractivity contribution >= 4 is 5.97 Å². The van der Waals surface area contributed by atoms with Gasteiger partial charge in [-0.05, 0) is 62.1 Å². The number of methoxy groups -OCH3 is 1. The lowest BCUT2D eigenvalue weighted by molar-refractivity contribution is 0.0600. The SMILES string of the molecule is COC(=O)c1ccc(C(CCN2CCCC2)N=[N+]=[N-])cc1. The maximum absolute atomic E-state index is 11.4. The lowest BCUT2D eigenvalue weighted by atomic mass is 10.0. The van der Waals surface area contributed by atoms with Gasteiger partial charge >= 0.3 is 5.97 Å². The van der Waals surface area contributed by atoms with Crippen molar-refractivity contribution in [2.45, 2.75) is 25.3 Å². The predicted octanol–water partition coefficient (Wildman–Crippen LogP) is 3.31. The van der Waals surface area contributed by atoms with Crippen molar-refractivity contribution < 1.29 is 9.53 Å². The quantitative estimate of drug-likeness (QED) is 0.348. The first-order valence-corrected chi connectivity index (χ1v) is 7.19. The van der Waals surface area contributed by atoms with E-state index in [9.17, 15) is 4.79 Å². The maximum Gasteiger partial charge on any atom is 0.337 e. The molecule has 6 nitrogen and oxygen atoms in total. The average molecular weight is 288 g/mol. The van der Waals surface area contributed by atoms with E-state index in [1.807, 2.05) is 12.1 Å². The zero-order valence-electron chi connectivity index (χ0n) is 12.2. The fraction of sp³-hybridized carbons (Fsp3) is 0.533. The summed E-state index contributed by atoms with van der Waals surface area (Å²) in [6.07, 6.45) is 3.29. The van der Waals surface area contributed by atoms with Crippen LogP contribution in [-0.2, 0) is 4.74 Å². The number of ether oxygens (including phenoxy) is 1. The molecule has 1 saturated heterocycles. The molecule has 0 N–H and O–H groups in total. The number of nitrogens with zero attached hydrogens (tertiary/aromatic N) is 4. The van der Waals surface area contributed by atoms with Crippen LogP contribution in [0.15, 0.2) is 29.4 Å². The van der Waals surface area contributed by atoms with Crippen LogP contribution in [0.25, 0.3) is 10.4 Å². The van der Waals surface area contributed by atoms with Crippen molar-refractivity contribution in [3.05, 3.63) is 45.8 Å². The van der Waals surface area contributed by atoms with Gasteiger partial charge in [0, 0.05) is 4.91 Å². The number of esters is 1. The highest BCUT2D eigenvalue weighted by Gasteiger charge is 2.16. The molecular weight excluding hydrogens is 268 g/mol. The van der Waals surface area contributed by atoms with Crippen molar-refractivity contribution in [1.82, 2.24) is 4.90 Å². The minimum atomic E-state index is -0.362. The first kappa shape index (κ1) is 15.4. The van der Waals surface area contributed by atoms with Crippen molar-refractivity contribution in [2.24, 2.45) is 5.11 Å². The number of hydrogen-bond acceptors (Lipinski definition) is 4. The van der Waals surface area contributed by atoms with Gasteiger partial charge in [0.25, 0.3) is 0 Å². The molecular formula is C15H20N4O2. The Morgan fingerprint density at radius 2 is 2.05 bits per heavy atom. The molecule has 0 aromatic heterocycles. The van der Waals surface area contributed by atoms with Gasteiger partial charge in [0.1, 0.15) is 0 Å². The summed E-state index contributed by atoms with van der Waals surface area (Å²) in [6.45, 7) is 3.19. The molecule has 2 rings (SSSR count). The number of rotatable bonds is 6. The summed E-state index contributed by atoms with van der Waals surface area (Å²) >= 11 is 0. The van der Waals surface area contributed by atoms with Crippen LogP contribution in [0.5, 0.6) is 0 Å². The predicted molar refractivity (Wildman–Crippen MR) is 80.0 cm³/mol. The van der Waals surface area contributed by atoms with Gasteiger partial charge in [0.05, 0.1) is 18.7 Å². The van der Waals surface area contributed by atoms with Gasteiger partial charge in [-0.3, -0.25) is 0 Å². The molecule has 0 bridgehead atoms. The summed E-state index contributed by atoms with van der Waals surface area (Å²) in [5, 5.41) is 3.89. The first-order chi connectivity index (χ1) is 10.2. The van der Waals surface area contributed by atoms with Crippen LogP contribution in [0, 0.1) is 0 Å². The fourth-order valence-corrected chi connectivity index (χ4v) is 2.62. The molecule has 1 fully saturated rings. The zero-order chi connectivity index (χ0) is 15.1. The molecule has 112 valence electrons. The van der Waals surface area contributed by atoms with E-state index < -0.39 is 0 Å². The summed E-state index contributed by atoms with van der Waals surface area (Å²) in [6, 6.07) is 6.88. The molecule has 1 heterocycles. The second kappa shape index (κ2) is 7.67. The van der Waals surface area contributed by atoms with Crippen LogP contribution in [0.2, 0.25) is 0 Å². The molecule has 1 aromatic carbocycles. The molecule has 6 heteroatoms. The van der Waals surface area contributed by atoms with Gasteiger partial charge in [-0.15, -0.1) is 0 Å². The number of benzene rings is 1. The third-order valence-corrected chi connectivity index (χ3v) is 3.83. The Morgan fingerprint density at radius 1 is 1.38 bits per heavy atom. The molecule has 1 atom stereocenters. The zero-order valence-corrected chi connectivity index (χ0v) is 12.2. The number of azide groups is 1. The Morgan fingerprint density at radius 3 is 2.62 bits per heavy atom. The number of carbonyl (C=O) groups is 1. The topological polar surface area (TPSA) is 78.3 Å². The smallest absolute Gasteiger partial charge is 0.337 e. The van der Waals surface area contributed by atoms with E-state index >= 15 is 0 Å². The van der Waals surface area contributed by atoms with Gasteiger partial charge in [0.15, 0.2) is 0 Å². The highest BCUT2D eigenvalue weighted by molar-refractivity contribution is 5.89. The Balaban J connectivity index is 2.02. The lowest BCUT2D eigenvalue weighted by Crippen LogP contribution is -2.21. The molecule has 1 aromatic rings. The average Bonchev–Trinajstić information content (AvgIpc) is 3.04. The monoisotopic (exact) mass is 288 g/mol. The Bertz CT molecular complexity index is 517. The highest BCUT2D eigenvalue weighted by Crippen LogP contribution is 2.23. The minimum absolute atomic E-state index is 0.192. The standard InChI is InChI=1S/C15H20N4O2/c1-21-15(20)13-6-4-12(5-7-13)14(17-18-16)8-11-19-9-2-3-10-19/h4-7,14H,2-3,8-11H2,1H3. The third kappa shape index (κ3) is 4.21.